The predicted molar refractivity (Wildman–Crippen MR) is 212 cm³/mol. The molecule has 0 amide bonds. The number of aromatic nitrogens is 2. The van der Waals surface area contributed by atoms with Gasteiger partial charge in [0.1, 0.15) is 0 Å². The van der Waals surface area contributed by atoms with Gasteiger partial charge < -0.3 is 28.4 Å². The molecule has 14 heteroatoms. The van der Waals surface area contributed by atoms with Crippen LogP contribution in [0.5, 0.6) is 34.5 Å². The molecular formula is C37H50Cl4N4O6. The van der Waals surface area contributed by atoms with Gasteiger partial charge >= 0.3 is 0 Å². The zero-order valence-electron chi connectivity index (χ0n) is 30.2. The lowest BCUT2D eigenvalue weighted by Gasteiger charge is -2.38. The van der Waals surface area contributed by atoms with Gasteiger partial charge in [-0.05, 0) is 92.1 Å². The Morgan fingerprint density at radius 2 is 1.02 bits per heavy atom. The number of methoxy groups -OCH3 is 6. The van der Waals surface area contributed by atoms with Crippen LogP contribution >= 0.6 is 49.6 Å². The molecule has 1 aliphatic heterocycles. The second kappa shape index (κ2) is 21.9. The van der Waals surface area contributed by atoms with Crippen molar-refractivity contribution in [2.75, 3.05) is 62.3 Å². The van der Waals surface area contributed by atoms with E-state index in [9.17, 15) is 0 Å². The van der Waals surface area contributed by atoms with Gasteiger partial charge in [-0.15, -0.1) is 49.6 Å². The fraction of sp³-hybridized carbons (Fsp3) is 0.405. The maximum absolute atomic E-state index is 5.57. The Morgan fingerprint density at radius 3 is 1.41 bits per heavy atom. The third-order valence-electron chi connectivity index (χ3n) is 8.84. The van der Waals surface area contributed by atoms with Gasteiger partial charge in [0.15, 0.2) is 23.0 Å². The number of hydrogen-bond acceptors (Lipinski definition) is 10. The summed E-state index contributed by atoms with van der Waals surface area (Å²) >= 11 is 0. The second-order valence-electron chi connectivity index (χ2n) is 11.5. The van der Waals surface area contributed by atoms with E-state index in [-0.39, 0.29) is 49.6 Å². The number of likely N-dealkylation sites (tertiary alicyclic amines) is 1. The summed E-state index contributed by atoms with van der Waals surface area (Å²) in [6, 6.07) is 16.8. The van der Waals surface area contributed by atoms with E-state index in [4.69, 9.17) is 28.4 Å². The fourth-order valence-corrected chi connectivity index (χ4v) is 6.35. The molecule has 0 bridgehead atoms. The minimum absolute atomic E-state index is 0. The molecule has 0 spiro atoms. The lowest BCUT2D eigenvalue weighted by atomic mass is 10.0. The number of rotatable bonds is 14. The molecule has 5 rings (SSSR count). The van der Waals surface area contributed by atoms with E-state index in [1.54, 1.807) is 42.7 Å². The van der Waals surface area contributed by atoms with Crippen molar-refractivity contribution < 1.29 is 28.4 Å². The SMILES string of the molecule is CCN(Cc1ccnc(-c2cc(OC)c(OC)c(OC)c2)c1)C1CCN(Cc2ccnc(-c3cc(OC)c(OC)c(OC)c3)c2)CC1.Cl.Cl.Cl.Cl. The largest absolute Gasteiger partial charge is 0.493 e. The molecule has 0 N–H and O–H groups in total. The molecule has 0 radical (unpaired) electrons. The lowest BCUT2D eigenvalue weighted by Crippen LogP contribution is -2.44. The summed E-state index contributed by atoms with van der Waals surface area (Å²) in [4.78, 5) is 14.4. The number of piperidine rings is 1. The summed E-state index contributed by atoms with van der Waals surface area (Å²) in [5, 5.41) is 0. The third-order valence-corrected chi connectivity index (χ3v) is 8.84. The molecule has 0 saturated carbocycles. The van der Waals surface area contributed by atoms with Gasteiger partial charge in [-0.25, -0.2) is 0 Å². The Morgan fingerprint density at radius 1 is 0.608 bits per heavy atom. The van der Waals surface area contributed by atoms with Crippen LogP contribution in [0.3, 0.4) is 0 Å². The van der Waals surface area contributed by atoms with Crippen molar-refractivity contribution in [1.29, 1.82) is 0 Å². The average Bonchev–Trinajstić information content (AvgIpc) is 3.13. The molecule has 1 saturated heterocycles. The molecule has 282 valence electrons. The second-order valence-corrected chi connectivity index (χ2v) is 11.5. The van der Waals surface area contributed by atoms with Crippen LogP contribution in [0.25, 0.3) is 22.5 Å². The molecule has 0 atom stereocenters. The number of ether oxygens (including phenoxy) is 6. The van der Waals surface area contributed by atoms with E-state index in [0.717, 1.165) is 68.1 Å². The van der Waals surface area contributed by atoms with Crippen molar-refractivity contribution in [3.05, 3.63) is 72.1 Å². The predicted octanol–water partition coefficient (Wildman–Crippen LogP) is 8.04. The monoisotopic (exact) mass is 786 g/mol. The van der Waals surface area contributed by atoms with Gasteiger partial charge in [-0.1, -0.05) is 6.92 Å². The summed E-state index contributed by atoms with van der Waals surface area (Å²) in [6.07, 6.45) is 5.98. The molecule has 3 heterocycles. The lowest BCUT2D eigenvalue weighted by molar-refractivity contribution is 0.103. The number of benzene rings is 2. The quantitative estimate of drug-likeness (QED) is 0.125. The maximum atomic E-state index is 5.57. The molecular weight excluding hydrogens is 738 g/mol. The van der Waals surface area contributed by atoms with Crippen molar-refractivity contribution in [3.63, 3.8) is 0 Å². The van der Waals surface area contributed by atoms with Crippen molar-refractivity contribution in [3.8, 4) is 57.0 Å². The maximum Gasteiger partial charge on any atom is 0.203 e. The fourth-order valence-electron chi connectivity index (χ4n) is 6.35. The van der Waals surface area contributed by atoms with Crippen LogP contribution in [0.4, 0.5) is 0 Å². The van der Waals surface area contributed by atoms with Gasteiger partial charge in [0, 0.05) is 42.7 Å². The van der Waals surface area contributed by atoms with Crippen molar-refractivity contribution in [2.24, 2.45) is 0 Å². The highest BCUT2D eigenvalue weighted by Crippen LogP contribution is 2.42. The molecule has 51 heavy (non-hydrogen) atoms. The van der Waals surface area contributed by atoms with Gasteiger partial charge in [0.25, 0.3) is 0 Å². The van der Waals surface area contributed by atoms with Crippen LogP contribution in [0.1, 0.15) is 30.9 Å². The van der Waals surface area contributed by atoms with E-state index in [2.05, 4.69) is 51.0 Å². The number of halogens is 4. The van der Waals surface area contributed by atoms with E-state index < -0.39 is 0 Å². The normalized spacial score (nSPS) is 12.7. The summed E-state index contributed by atoms with van der Waals surface area (Å²) < 4.78 is 33.2. The summed E-state index contributed by atoms with van der Waals surface area (Å²) in [5.74, 6) is 3.59. The Kier molecular flexibility index (Phi) is 19.6. The average molecular weight is 789 g/mol. The summed E-state index contributed by atoms with van der Waals surface area (Å²) in [6.45, 7) is 7.04. The Balaban J connectivity index is 0.00000325. The highest BCUT2D eigenvalue weighted by atomic mass is 35.5. The van der Waals surface area contributed by atoms with E-state index in [1.165, 1.54) is 11.1 Å². The van der Waals surface area contributed by atoms with Crippen molar-refractivity contribution in [1.82, 2.24) is 19.8 Å². The molecule has 0 aliphatic carbocycles. The van der Waals surface area contributed by atoms with Gasteiger partial charge in [0.05, 0.1) is 54.0 Å². The first-order valence-electron chi connectivity index (χ1n) is 15.9. The molecule has 2 aromatic carbocycles. The minimum Gasteiger partial charge on any atom is -0.493 e. The van der Waals surface area contributed by atoms with Crippen LogP contribution in [0.2, 0.25) is 0 Å². The van der Waals surface area contributed by atoms with E-state index in [0.29, 0.717) is 40.5 Å². The first-order chi connectivity index (χ1) is 22.9. The van der Waals surface area contributed by atoms with Crippen LogP contribution in [-0.4, -0.2) is 88.1 Å². The van der Waals surface area contributed by atoms with Crippen LogP contribution in [0.15, 0.2) is 60.9 Å². The van der Waals surface area contributed by atoms with Crippen LogP contribution < -0.4 is 28.4 Å². The van der Waals surface area contributed by atoms with Crippen LogP contribution in [0, 0.1) is 0 Å². The van der Waals surface area contributed by atoms with Gasteiger partial charge in [0.2, 0.25) is 11.5 Å². The standard InChI is InChI=1S/C37H46N4O6.4ClH/c1-8-41(24-26-10-14-39-31(18-26)28-21-34(44-4)37(47-7)35(22-28)45-5)29-11-15-40(16-12-29)23-25-9-13-38-30(17-25)27-19-32(42-2)36(46-6)33(20-27)43-3;;;;/h9-10,13-14,17-22,29H,8,11-12,15-16,23-24H2,1-7H3;4*1H. The number of nitrogens with zero attached hydrogens (tertiary/aromatic N) is 4. The smallest absolute Gasteiger partial charge is 0.203 e. The molecule has 1 fully saturated rings. The number of hydrogen-bond donors (Lipinski definition) is 0. The summed E-state index contributed by atoms with van der Waals surface area (Å²) in [7, 11) is 9.72. The van der Waals surface area contributed by atoms with E-state index in [1.807, 2.05) is 36.7 Å². The zero-order valence-corrected chi connectivity index (χ0v) is 33.4. The minimum atomic E-state index is 0. The number of pyridine rings is 2. The van der Waals surface area contributed by atoms with Crippen molar-refractivity contribution >= 4 is 49.6 Å². The topological polar surface area (TPSA) is 87.6 Å². The Bertz CT molecular complexity index is 1610. The highest BCUT2D eigenvalue weighted by molar-refractivity contribution is 5.86. The highest BCUT2D eigenvalue weighted by Gasteiger charge is 2.25. The molecule has 0 unspecified atom stereocenters. The Labute approximate surface area is 326 Å². The zero-order chi connectivity index (χ0) is 33.3. The molecule has 4 aromatic rings. The van der Waals surface area contributed by atoms with E-state index >= 15 is 0 Å². The third kappa shape index (κ3) is 10.8. The van der Waals surface area contributed by atoms with Gasteiger partial charge in [-0.2, -0.15) is 0 Å². The first kappa shape index (κ1) is 45.6. The molecule has 1 aliphatic rings. The van der Waals surface area contributed by atoms with Gasteiger partial charge in [-0.3, -0.25) is 19.8 Å². The summed E-state index contributed by atoms with van der Waals surface area (Å²) in [5.41, 5.74) is 6.04. The molecule has 10 nitrogen and oxygen atoms in total. The Hall–Kier alpha value is -3.38. The first-order valence-corrected chi connectivity index (χ1v) is 15.9. The van der Waals surface area contributed by atoms with Crippen LogP contribution in [-0.2, 0) is 13.1 Å². The van der Waals surface area contributed by atoms with Crippen molar-refractivity contribution in [2.45, 2.75) is 38.9 Å². The molecule has 2 aromatic heterocycles.